The standard InChI is InChI=1S/C24H34N4O3/c1-17-5-10-26(11-6-17)22(29)20-16-25-28-14-9-19(15-21(20)28)18-7-12-27(13-8-18)23(30)31-24(2,3)4/h9,14-18H,5-8,10-13H2,1-4H3. The summed E-state index contributed by atoms with van der Waals surface area (Å²) in [6.07, 6.45) is 7.30. The van der Waals surface area contributed by atoms with Gasteiger partial charge in [-0.25, -0.2) is 9.31 Å². The van der Waals surface area contributed by atoms with Crippen LogP contribution in [0.25, 0.3) is 5.52 Å². The average Bonchev–Trinajstić information content (AvgIpc) is 3.16. The Bertz CT molecular complexity index is 945. The summed E-state index contributed by atoms with van der Waals surface area (Å²) in [5, 5.41) is 4.40. The second-order valence-electron chi connectivity index (χ2n) is 10.1. The van der Waals surface area contributed by atoms with Gasteiger partial charge in [-0.1, -0.05) is 6.92 Å². The van der Waals surface area contributed by atoms with Crippen LogP contribution in [-0.4, -0.2) is 63.2 Å². The molecular weight excluding hydrogens is 392 g/mol. The maximum atomic E-state index is 13.1. The van der Waals surface area contributed by atoms with Crippen molar-refractivity contribution < 1.29 is 14.3 Å². The minimum absolute atomic E-state index is 0.0822. The van der Waals surface area contributed by atoms with E-state index in [-0.39, 0.29) is 12.0 Å². The number of pyridine rings is 1. The lowest BCUT2D eigenvalue weighted by molar-refractivity contribution is 0.0204. The monoisotopic (exact) mass is 426 g/mol. The fourth-order valence-corrected chi connectivity index (χ4v) is 4.52. The average molecular weight is 427 g/mol. The molecule has 0 aromatic carbocycles. The largest absolute Gasteiger partial charge is 0.444 e. The lowest BCUT2D eigenvalue weighted by atomic mass is 9.89. The van der Waals surface area contributed by atoms with Gasteiger partial charge >= 0.3 is 6.09 Å². The zero-order valence-electron chi connectivity index (χ0n) is 19.1. The number of hydrogen-bond acceptors (Lipinski definition) is 4. The molecule has 2 fully saturated rings. The van der Waals surface area contributed by atoms with Crippen LogP contribution in [0.1, 0.15) is 75.2 Å². The Balaban J connectivity index is 1.46. The smallest absolute Gasteiger partial charge is 0.410 e. The molecule has 0 N–H and O–H groups in total. The fourth-order valence-electron chi connectivity index (χ4n) is 4.52. The number of likely N-dealkylation sites (tertiary alicyclic amines) is 2. The third-order valence-corrected chi connectivity index (χ3v) is 6.46. The zero-order chi connectivity index (χ0) is 22.2. The molecule has 0 aliphatic carbocycles. The van der Waals surface area contributed by atoms with Crippen molar-refractivity contribution >= 4 is 17.5 Å². The summed E-state index contributed by atoms with van der Waals surface area (Å²) in [4.78, 5) is 29.2. The maximum Gasteiger partial charge on any atom is 0.410 e. The summed E-state index contributed by atoms with van der Waals surface area (Å²) < 4.78 is 7.30. The molecule has 2 aromatic heterocycles. The van der Waals surface area contributed by atoms with Gasteiger partial charge in [-0.3, -0.25) is 4.79 Å². The van der Waals surface area contributed by atoms with Gasteiger partial charge < -0.3 is 14.5 Å². The molecule has 0 unspecified atom stereocenters. The molecule has 0 bridgehead atoms. The van der Waals surface area contributed by atoms with Gasteiger partial charge in [0, 0.05) is 32.4 Å². The molecule has 4 rings (SSSR count). The summed E-state index contributed by atoms with van der Waals surface area (Å²) in [6, 6.07) is 4.20. The third-order valence-electron chi connectivity index (χ3n) is 6.46. The van der Waals surface area contributed by atoms with Crippen molar-refractivity contribution in [2.24, 2.45) is 5.92 Å². The second-order valence-corrected chi connectivity index (χ2v) is 10.1. The molecular formula is C24H34N4O3. The minimum Gasteiger partial charge on any atom is -0.444 e. The van der Waals surface area contributed by atoms with E-state index >= 15 is 0 Å². The van der Waals surface area contributed by atoms with Crippen molar-refractivity contribution in [2.75, 3.05) is 26.2 Å². The van der Waals surface area contributed by atoms with Gasteiger partial charge in [0.25, 0.3) is 5.91 Å². The number of hydrogen-bond donors (Lipinski definition) is 0. The first-order valence-electron chi connectivity index (χ1n) is 11.5. The molecule has 2 aromatic rings. The van der Waals surface area contributed by atoms with Crippen LogP contribution in [0.4, 0.5) is 4.79 Å². The van der Waals surface area contributed by atoms with Crippen LogP contribution in [0.3, 0.4) is 0 Å². The normalized spacial score (nSPS) is 19.1. The Hall–Kier alpha value is -2.57. The molecule has 0 saturated carbocycles. The Morgan fingerprint density at radius 1 is 1.03 bits per heavy atom. The predicted molar refractivity (Wildman–Crippen MR) is 119 cm³/mol. The molecule has 168 valence electrons. The molecule has 0 radical (unpaired) electrons. The minimum atomic E-state index is -0.476. The van der Waals surface area contributed by atoms with Gasteiger partial charge in [0.05, 0.1) is 17.3 Å². The van der Waals surface area contributed by atoms with E-state index in [1.165, 1.54) is 5.56 Å². The zero-order valence-corrected chi connectivity index (χ0v) is 19.1. The van der Waals surface area contributed by atoms with E-state index in [9.17, 15) is 9.59 Å². The van der Waals surface area contributed by atoms with Gasteiger partial charge in [-0.15, -0.1) is 0 Å². The molecule has 7 heteroatoms. The number of carbonyl (C=O) groups is 2. The van der Waals surface area contributed by atoms with E-state index in [2.05, 4.69) is 24.2 Å². The highest BCUT2D eigenvalue weighted by atomic mass is 16.6. The van der Waals surface area contributed by atoms with Crippen LogP contribution >= 0.6 is 0 Å². The van der Waals surface area contributed by atoms with Crippen molar-refractivity contribution in [3.05, 3.63) is 35.7 Å². The van der Waals surface area contributed by atoms with Crippen molar-refractivity contribution in [3.8, 4) is 0 Å². The van der Waals surface area contributed by atoms with E-state index in [0.29, 0.717) is 30.5 Å². The third kappa shape index (κ3) is 4.86. The van der Waals surface area contributed by atoms with Gasteiger partial charge in [0.2, 0.25) is 0 Å². The molecule has 2 saturated heterocycles. The quantitative estimate of drug-likeness (QED) is 0.717. The van der Waals surface area contributed by atoms with Crippen molar-refractivity contribution in [2.45, 2.75) is 64.9 Å². The molecule has 4 heterocycles. The predicted octanol–water partition coefficient (Wildman–Crippen LogP) is 4.32. The van der Waals surface area contributed by atoms with E-state index < -0.39 is 5.60 Å². The van der Waals surface area contributed by atoms with Crippen LogP contribution in [0.15, 0.2) is 24.5 Å². The number of piperidine rings is 2. The number of fused-ring (bicyclic) bond motifs is 1. The van der Waals surface area contributed by atoms with E-state index in [1.807, 2.05) is 31.9 Å². The Kier molecular flexibility index (Phi) is 5.95. The number of rotatable bonds is 2. The van der Waals surface area contributed by atoms with Gasteiger partial charge in [-0.2, -0.15) is 5.10 Å². The first kappa shape index (κ1) is 21.7. The van der Waals surface area contributed by atoms with Gasteiger partial charge in [0.1, 0.15) is 5.60 Å². The van der Waals surface area contributed by atoms with Gasteiger partial charge in [0.15, 0.2) is 0 Å². The number of carbonyl (C=O) groups excluding carboxylic acids is 2. The summed E-state index contributed by atoms with van der Waals surface area (Å²) in [7, 11) is 0. The highest BCUT2D eigenvalue weighted by Gasteiger charge is 2.28. The van der Waals surface area contributed by atoms with Crippen molar-refractivity contribution in [1.82, 2.24) is 19.4 Å². The van der Waals surface area contributed by atoms with E-state index in [1.54, 1.807) is 15.6 Å². The fraction of sp³-hybridized carbons (Fsp3) is 0.625. The molecule has 0 spiro atoms. The molecule has 2 aliphatic rings. The lowest BCUT2D eigenvalue weighted by Gasteiger charge is -2.33. The highest BCUT2D eigenvalue weighted by Crippen LogP contribution is 2.30. The first-order chi connectivity index (χ1) is 14.7. The SMILES string of the molecule is CC1CCN(C(=O)c2cnn3ccc(C4CCN(C(=O)OC(C)(C)C)CC4)cc23)CC1. The number of nitrogens with zero attached hydrogens (tertiary/aromatic N) is 4. The Morgan fingerprint density at radius 2 is 1.68 bits per heavy atom. The van der Waals surface area contributed by atoms with Crippen LogP contribution in [0.2, 0.25) is 0 Å². The number of aromatic nitrogens is 2. The maximum absolute atomic E-state index is 13.1. The van der Waals surface area contributed by atoms with Crippen LogP contribution in [0, 0.1) is 5.92 Å². The summed E-state index contributed by atoms with van der Waals surface area (Å²) in [5.74, 6) is 1.13. The molecule has 31 heavy (non-hydrogen) atoms. The van der Waals surface area contributed by atoms with Crippen molar-refractivity contribution in [1.29, 1.82) is 0 Å². The highest BCUT2D eigenvalue weighted by molar-refractivity contribution is 6.00. The molecule has 7 nitrogen and oxygen atoms in total. The second kappa shape index (κ2) is 8.52. The summed E-state index contributed by atoms with van der Waals surface area (Å²) in [6.45, 7) is 10.9. The molecule has 2 aliphatic heterocycles. The number of ether oxygens (including phenoxy) is 1. The van der Waals surface area contributed by atoms with E-state index in [0.717, 1.165) is 44.3 Å². The van der Waals surface area contributed by atoms with Gasteiger partial charge in [-0.05, 0) is 76.0 Å². The summed E-state index contributed by atoms with van der Waals surface area (Å²) in [5.41, 5.74) is 2.28. The Labute approximate surface area is 184 Å². The topological polar surface area (TPSA) is 67.2 Å². The first-order valence-corrected chi connectivity index (χ1v) is 11.5. The van der Waals surface area contributed by atoms with Crippen molar-refractivity contribution in [3.63, 3.8) is 0 Å². The summed E-state index contributed by atoms with van der Waals surface area (Å²) >= 11 is 0. The van der Waals surface area contributed by atoms with Crippen LogP contribution in [0.5, 0.6) is 0 Å². The number of amides is 2. The molecule has 2 amide bonds. The van der Waals surface area contributed by atoms with E-state index in [4.69, 9.17) is 4.74 Å². The van der Waals surface area contributed by atoms with Crippen LogP contribution in [-0.2, 0) is 4.74 Å². The lowest BCUT2D eigenvalue weighted by Crippen LogP contribution is -2.41. The Morgan fingerprint density at radius 3 is 2.32 bits per heavy atom. The molecule has 0 atom stereocenters. The van der Waals surface area contributed by atoms with Crippen LogP contribution < -0.4 is 0 Å².